The lowest BCUT2D eigenvalue weighted by Crippen LogP contribution is -2.23. The fraction of sp³-hybridized carbons (Fsp3) is 0.125. The Morgan fingerprint density at radius 2 is 2.13 bits per heavy atom. The van der Waals surface area contributed by atoms with E-state index in [-0.39, 0.29) is 11.1 Å². The number of nitrogens with zero attached hydrogens (tertiary/aromatic N) is 3. The molecule has 0 fully saturated rings. The summed E-state index contributed by atoms with van der Waals surface area (Å²) in [4.78, 5) is 22.9. The third kappa shape index (κ3) is 3.34. The number of rotatable bonds is 5. The number of aromatic amines is 1. The van der Waals surface area contributed by atoms with E-state index >= 15 is 0 Å². The van der Waals surface area contributed by atoms with Gasteiger partial charge in [-0.15, -0.1) is 0 Å². The van der Waals surface area contributed by atoms with Crippen molar-refractivity contribution in [2.45, 2.75) is 13.0 Å². The molecule has 7 nitrogen and oxygen atoms in total. The second-order valence-electron chi connectivity index (χ2n) is 5.02. The summed E-state index contributed by atoms with van der Waals surface area (Å²) >= 11 is 0. The number of carboxylic acids is 1. The smallest absolute Gasteiger partial charge is 0.335 e. The van der Waals surface area contributed by atoms with E-state index in [1.807, 2.05) is 6.07 Å². The van der Waals surface area contributed by atoms with Crippen LogP contribution in [0.3, 0.4) is 0 Å². The molecule has 0 spiro atoms. The Labute approximate surface area is 131 Å². The van der Waals surface area contributed by atoms with Gasteiger partial charge in [-0.05, 0) is 30.2 Å². The number of hydrogen-bond donors (Lipinski definition) is 2. The van der Waals surface area contributed by atoms with Crippen molar-refractivity contribution in [3.8, 4) is 11.3 Å². The Kier molecular flexibility index (Phi) is 4.01. The van der Waals surface area contributed by atoms with E-state index in [1.54, 1.807) is 30.6 Å². The van der Waals surface area contributed by atoms with Crippen LogP contribution in [0, 0.1) is 0 Å². The van der Waals surface area contributed by atoms with Gasteiger partial charge in [0.25, 0.3) is 5.56 Å². The van der Waals surface area contributed by atoms with Crippen LogP contribution in [0.4, 0.5) is 0 Å². The van der Waals surface area contributed by atoms with Crippen LogP contribution in [-0.2, 0) is 13.0 Å². The molecule has 0 bridgehead atoms. The van der Waals surface area contributed by atoms with Gasteiger partial charge in [0, 0.05) is 24.4 Å². The second kappa shape index (κ2) is 6.27. The number of carbonyl (C=O) groups is 1. The number of aromatic carboxylic acids is 1. The van der Waals surface area contributed by atoms with Crippen LogP contribution in [0.5, 0.6) is 0 Å². The molecule has 3 rings (SSSR count). The normalized spacial score (nSPS) is 10.6. The highest BCUT2D eigenvalue weighted by Crippen LogP contribution is 2.12. The van der Waals surface area contributed by atoms with Crippen molar-refractivity contribution in [3.63, 3.8) is 0 Å². The highest BCUT2D eigenvalue weighted by Gasteiger charge is 2.06. The minimum absolute atomic E-state index is 0.202. The van der Waals surface area contributed by atoms with Gasteiger partial charge in [0.05, 0.1) is 17.5 Å². The van der Waals surface area contributed by atoms with Crippen molar-refractivity contribution in [1.29, 1.82) is 0 Å². The molecule has 116 valence electrons. The van der Waals surface area contributed by atoms with Crippen LogP contribution >= 0.6 is 0 Å². The molecular formula is C16H14N4O3. The third-order valence-electron chi connectivity index (χ3n) is 3.45. The molecule has 0 saturated heterocycles. The SMILES string of the molecule is O=C(O)c1cccc(CCn2nc(-c3cn[nH]c3)ccc2=O)c1. The third-order valence-corrected chi connectivity index (χ3v) is 3.45. The number of nitrogens with one attached hydrogen (secondary N) is 1. The molecule has 1 aromatic carbocycles. The van der Waals surface area contributed by atoms with Gasteiger partial charge >= 0.3 is 5.97 Å². The molecule has 2 N–H and O–H groups in total. The largest absolute Gasteiger partial charge is 0.478 e. The molecule has 3 aromatic rings. The van der Waals surface area contributed by atoms with E-state index in [0.717, 1.165) is 11.1 Å². The lowest BCUT2D eigenvalue weighted by molar-refractivity contribution is 0.0696. The molecule has 0 saturated carbocycles. The van der Waals surface area contributed by atoms with Gasteiger partial charge in [0.15, 0.2) is 0 Å². The molecule has 0 radical (unpaired) electrons. The fourth-order valence-corrected chi connectivity index (χ4v) is 2.25. The van der Waals surface area contributed by atoms with Crippen molar-refractivity contribution < 1.29 is 9.90 Å². The van der Waals surface area contributed by atoms with Crippen LogP contribution in [-0.4, -0.2) is 31.1 Å². The second-order valence-corrected chi connectivity index (χ2v) is 5.02. The van der Waals surface area contributed by atoms with Crippen LogP contribution in [0.15, 0.2) is 53.6 Å². The first-order chi connectivity index (χ1) is 11.1. The fourth-order valence-electron chi connectivity index (χ4n) is 2.25. The number of aromatic nitrogens is 4. The van der Waals surface area contributed by atoms with Gasteiger partial charge in [0.1, 0.15) is 0 Å². The van der Waals surface area contributed by atoms with Gasteiger partial charge in [-0.3, -0.25) is 9.89 Å². The quantitative estimate of drug-likeness (QED) is 0.745. The number of hydrogen-bond acceptors (Lipinski definition) is 4. The van der Waals surface area contributed by atoms with Crippen LogP contribution in [0.2, 0.25) is 0 Å². The van der Waals surface area contributed by atoms with Gasteiger partial charge in [-0.2, -0.15) is 10.2 Å². The lowest BCUT2D eigenvalue weighted by Gasteiger charge is -2.07. The number of H-pyrrole nitrogens is 1. The summed E-state index contributed by atoms with van der Waals surface area (Å²) in [6.07, 6.45) is 3.85. The number of aryl methyl sites for hydroxylation is 2. The van der Waals surface area contributed by atoms with Crippen molar-refractivity contribution in [2.24, 2.45) is 0 Å². The van der Waals surface area contributed by atoms with Crippen LogP contribution in [0.1, 0.15) is 15.9 Å². The first-order valence-electron chi connectivity index (χ1n) is 7.03. The van der Waals surface area contributed by atoms with Crippen LogP contribution in [0.25, 0.3) is 11.3 Å². The summed E-state index contributed by atoms with van der Waals surface area (Å²) < 4.78 is 1.37. The molecule has 23 heavy (non-hydrogen) atoms. The average molecular weight is 310 g/mol. The van der Waals surface area contributed by atoms with E-state index in [0.29, 0.717) is 18.7 Å². The lowest BCUT2D eigenvalue weighted by atomic mass is 10.1. The van der Waals surface area contributed by atoms with Crippen LogP contribution < -0.4 is 5.56 Å². The molecule has 0 aliphatic carbocycles. The van der Waals surface area contributed by atoms with Gasteiger partial charge in [0.2, 0.25) is 0 Å². The van der Waals surface area contributed by atoms with Crippen molar-refractivity contribution >= 4 is 5.97 Å². The standard InChI is InChI=1S/C16H14N4O3/c21-15-5-4-14(13-9-17-18-10-13)19-20(15)7-6-11-2-1-3-12(8-11)16(22)23/h1-5,8-10H,6-7H2,(H,17,18)(H,22,23). The Balaban J connectivity index is 1.80. The number of benzene rings is 1. The van der Waals surface area contributed by atoms with Crippen molar-refractivity contribution in [3.05, 3.63) is 70.3 Å². The predicted molar refractivity (Wildman–Crippen MR) is 83.2 cm³/mol. The minimum Gasteiger partial charge on any atom is -0.478 e. The summed E-state index contributed by atoms with van der Waals surface area (Å²) in [5, 5.41) is 19.9. The zero-order chi connectivity index (χ0) is 16.2. The zero-order valence-corrected chi connectivity index (χ0v) is 12.1. The Morgan fingerprint density at radius 1 is 1.26 bits per heavy atom. The minimum atomic E-state index is -0.968. The summed E-state index contributed by atoms with van der Waals surface area (Å²) in [5.41, 5.74) is 2.32. The Bertz CT molecular complexity index is 884. The molecule has 2 aromatic heterocycles. The van der Waals surface area contributed by atoms with E-state index in [2.05, 4.69) is 15.3 Å². The summed E-state index contributed by atoms with van der Waals surface area (Å²) in [6.45, 7) is 0.369. The molecule has 7 heteroatoms. The summed E-state index contributed by atoms with van der Waals surface area (Å²) in [7, 11) is 0. The molecule has 0 aliphatic heterocycles. The molecule has 0 atom stereocenters. The van der Waals surface area contributed by atoms with E-state index < -0.39 is 5.97 Å². The zero-order valence-electron chi connectivity index (χ0n) is 12.1. The Hall–Kier alpha value is -3.22. The number of carboxylic acid groups (broad SMARTS) is 1. The maximum absolute atomic E-state index is 11.9. The van der Waals surface area contributed by atoms with Gasteiger partial charge < -0.3 is 5.11 Å². The maximum atomic E-state index is 11.9. The van der Waals surface area contributed by atoms with E-state index in [4.69, 9.17) is 5.11 Å². The predicted octanol–water partition coefficient (Wildman–Crippen LogP) is 1.57. The first kappa shape index (κ1) is 14.7. The monoisotopic (exact) mass is 310 g/mol. The molecule has 2 heterocycles. The van der Waals surface area contributed by atoms with Crippen molar-refractivity contribution in [1.82, 2.24) is 20.0 Å². The van der Waals surface area contributed by atoms with Crippen molar-refractivity contribution in [2.75, 3.05) is 0 Å². The summed E-state index contributed by atoms with van der Waals surface area (Å²) in [6, 6.07) is 9.77. The first-order valence-corrected chi connectivity index (χ1v) is 7.03. The van der Waals surface area contributed by atoms with Gasteiger partial charge in [-0.1, -0.05) is 12.1 Å². The van der Waals surface area contributed by atoms with E-state index in [1.165, 1.54) is 16.8 Å². The van der Waals surface area contributed by atoms with E-state index in [9.17, 15) is 9.59 Å². The topological polar surface area (TPSA) is 101 Å². The molecule has 0 aliphatic rings. The maximum Gasteiger partial charge on any atom is 0.335 e. The molecule has 0 unspecified atom stereocenters. The molecular weight excluding hydrogens is 296 g/mol. The Morgan fingerprint density at radius 3 is 2.87 bits per heavy atom. The molecule has 0 amide bonds. The highest BCUT2D eigenvalue weighted by molar-refractivity contribution is 5.87. The summed E-state index contributed by atoms with van der Waals surface area (Å²) in [5.74, 6) is -0.968. The highest BCUT2D eigenvalue weighted by atomic mass is 16.4. The van der Waals surface area contributed by atoms with Gasteiger partial charge in [-0.25, -0.2) is 9.48 Å². The average Bonchev–Trinajstić information content (AvgIpc) is 3.09.